The number of halogens is 1. The molecule has 1 amide bonds. The van der Waals surface area contributed by atoms with Gasteiger partial charge in [-0.1, -0.05) is 35.9 Å². The molecule has 4 aromatic rings. The van der Waals surface area contributed by atoms with E-state index in [1.54, 1.807) is 47.4 Å². The van der Waals surface area contributed by atoms with Crippen molar-refractivity contribution in [2.24, 2.45) is 5.14 Å². The standard InChI is InChI=1S/C23H23ClN6O3S/c1-29(2)22-8-7-15(12-26-22)13-30-14-18-20(28-30)10-17(11-21(18)34(25,32)33)27-23(31)9-16-5-3-4-6-19(16)24/h3-8,10-12,14H,9,13H2,1-2H3,(H,27,31)(H2,25,32,33). The number of primary sulfonamides is 1. The number of amides is 1. The minimum atomic E-state index is -4.07. The normalized spacial score (nSPS) is 11.5. The van der Waals surface area contributed by atoms with Crippen LogP contribution in [-0.2, 0) is 27.8 Å². The SMILES string of the molecule is CN(C)c1ccc(Cn2cc3c(S(N)(=O)=O)cc(NC(=O)Cc4ccccc4Cl)cc3n2)cn1. The summed E-state index contributed by atoms with van der Waals surface area (Å²) in [6.45, 7) is 0.383. The summed E-state index contributed by atoms with van der Waals surface area (Å²) in [5.74, 6) is 0.474. The quantitative estimate of drug-likeness (QED) is 0.403. The zero-order valence-electron chi connectivity index (χ0n) is 18.6. The third kappa shape index (κ3) is 5.36. The molecule has 2 heterocycles. The van der Waals surface area contributed by atoms with Crippen molar-refractivity contribution in [3.63, 3.8) is 0 Å². The maximum absolute atomic E-state index is 12.6. The number of hydrogen-bond acceptors (Lipinski definition) is 6. The van der Waals surface area contributed by atoms with Crippen LogP contribution in [0.4, 0.5) is 11.5 Å². The van der Waals surface area contributed by atoms with Crippen LogP contribution in [-0.4, -0.2) is 43.2 Å². The van der Waals surface area contributed by atoms with Crippen LogP contribution < -0.4 is 15.4 Å². The molecule has 0 aliphatic heterocycles. The van der Waals surface area contributed by atoms with Crippen LogP contribution in [0.3, 0.4) is 0 Å². The lowest BCUT2D eigenvalue weighted by atomic mass is 10.1. The maximum Gasteiger partial charge on any atom is 0.238 e. The number of nitrogens with one attached hydrogen (secondary N) is 1. The maximum atomic E-state index is 12.6. The summed E-state index contributed by atoms with van der Waals surface area (Å²) in [6.07, 6.45) is 3.39. The van der Waals surface area contributed by atoms with Crippen LogP contribution >= 0.6 is 11.6 Å². The van der Waals surface area contributed by atoms with Gasteiger partial charge in [-0.15, -0.1) is 0 Å². The molecule has 0 spiro atoms. The Morgan fingerprint density at radius 2 is 1.94 bits per heavy atom. The number of pyridine rings is 1. The van der Waals surface area contributed by atoms with Crippen LogP contribution in [0.2, 0.25) is 5.02 Å². The zero-order valence-corrected chi connectivity index (χ0v) is 20.1. The van der Waals surface area contributed by atoms with E-state index in [2.05, 4.69) is 15.4 Å². The Bertz CT molecular complexity index is 1470. The van der Waals surface area contributed by atoms with Gasteiger partial charge in [0.25, 0.3) is 0 Å². The second-order valence-corrected chi connectivity index (χ2v) is 9.95. The molecule has 3 N–H and O–H groups in total. The molecule has 0 saturated carbocycles. The van der Waals surface area contributed by atoms with E-state index in [1.807, 2.05) is 31.1 Å². The van der Waals surface area contributed by atoms with Gasteiger partial charge in [0.2, 0.25) is 15.9 Å². The van der Waals surface area contributed by atoms with Crippen molar-refractivity contribution in [2.75, 3.05) is 24.3 Å². The Hall–Kier alpha value is -3.47. The van der Waals surface area contributed by atoms with E-state index in [1.165, 1.54) is 6.07 Å². The summed E-state index contributed by atoms with van der Waals surface area (Å²) >= 11 is 6.13. The predicted octanol–water partition coefficient (Wildman–Crippen LogP) is 3.03. The minimum Gasteiger partial charge on any atom is -0.363 e. The summed E-state index contributed by atoms with van der Waals surface area (Å²) in [7, 11) is -0.262. The Kier molecular flexibility index (Phi) is 6.56. The Morgan fingerprint density at radius 3 is 2.59 bits per heavy atom. The van der Waals surface area contributed by atoms with Crippen molar-refractivity contribution in [3.8, 4) is 0 Å². The van der Waals surface area contributed by atoms with Gasteiger partial charge in [-0.25, -0.2) is 18.5 Å². The molecule has 0 saturated heterocycles. The molecule has 0 radical (unpaired) electrons. The van der Waals surface area contributed by atoms with E-state index in [-0.39, 0.29) is 22.9 Å². The van der Waals surface area contributed by atoms with Crippen LogP contribution in [0.15, 0.2) is 65.8 Å². The van der Waals surface area contributed by atoms with E-state index in [4.69, 9.17) is 16.7 Å². The van der Waals surface area contributed by atoms with E-state index in [0.717, 1.165) is 11.4 Å². The average Bonchev–Trinajstić information content (AvgIpc) is 3.16. The summed E-state index contributed by atoms with van der Waals surface area (Å²) in [4.78, 5) is 18.7. The summed E-state index contributed by atoms with van der Waals surface area (Å²) in [5.41, 5.74) is 2.21. The minimum absolute atomic E-state index is 0.0345. The van der Waals surface area contributed by atoms with E-state index < -0.39 is 10.0 Å². The molecule has 0 fully saturated rings. The van der Waals surface area contributed by atoms with Gasteiger partial charge in [0.1, 0.15) is 5.82 Å². The van der Waals surface area contributed by atoms with Crippen molar-refractivity contribution in [2.45, 2.75) is 17.9 Å². The van der Waals surface area contributed by atoms with Gasteiger partial charge in [-0.05, 0) is 35.4 Å². The highest BCUT2D eigenvalue weighted by Gasteiger charge is 2.18. The number of carbonyl (C=O) groups is 1. The van der Waals surface area contributed by atoms with Gasteiger partial charge in [0, 0.05) is 42.6 Å². The number of nitrogens with two attached hydrogens (primary N) is 1. The molecule has 9 nitrogen and oxygen atoms in total. The number of anilines is 2. The molecule has 0 bridgehead atoms. The van der Waals surface area contributed by atoms with Crippen LogP contribution in [0, 0.1) is 0 Å². The van der Waals surface area contributed by atoms with Crippen molar-refractivity contribution in [1.29, 1.82) is 0 Å². The second kappa shape index (κ2) is 9.41. The molecule has 2 aromatic heterocycles. The van der Waals surface area contributed by atoms with Crippen molar-refractivity contribution in [1.82, 2.24) is 14.8 Å². The Labute approximate surface area is 202 Å². The van der Waals surface area contributed by atoms with E-state index in [0.29, 0.717) is 28.0 Å². The molecular formula is C23H23ClN6O3S. The van der Waals surface area contributed by atoms with Crippen LogP contribution in [0.5, 0.6) is 0 Å². The fourth-order valence-corrected chi connectivity index (χ4v) is 4.47. The predicted molar refractivity (Wildman–Crippen MR) is 133 cm³/mol. The first kappa shape index (κ1) is 23.7. The largest absolute Gasteiger partial charge is 0.363 e. The molecule has 11 heteroatoms. The number of carbonyl (C=O) groups excluding carboxylic acids is 1. The fraction of sp³-hybridized carbons (Fsp3) is 0.174. The topological polar surface area (TPSA) is 123 Å². The fourth-order valence-electron chi connectivity index (χ4n) is 3.51. The second-order valence-electron chi connectivity index (χ2n) is 8.01. The lowest BCUT2D eigenvalue weighted by Crippen LogP contribution is -2.16. The number of fused-ring (bicyclic) bond motifs is 1. The van der Waals surface area contributed by atoms with Crippen molar-refractivity contribution < 1.29 is 13.2 Å². The third-order valence-corrected chi connectivity index (χ3v) is 6.47. The lowest BCUT2D eigenvalue weighted by Gasteiger charge is -2.11. The van der Waals surface area contributed by atoms with E-state index in [9.17, 15) is 13.2 Å². The molecule has 0 aliphatic rings. The first-order valence-electron chi connectivity index (χ1n) is 10.3. The summed E-state index contributed by atoms with van der Waals surface area (Å²) < 4.78 is 26.2. The number of rotatable bonds is 7. The summed E-state index contributed by atoms with van der Waals surface area (Å²) in [6, 6.07) is 13.8. The van der Waals surface area contributed by atoms with Crippen LogP contribution in [0.1, 0.15) is 11.1 Å². The third-order valence-electron chi connectivity index (χ3n) is 5.15. The van der Waals surface area contributed by atoms with Crippen LogP contribution in [0.25, 0.3) is 10.9 Å². The van der Waals surface area contributed by atoms with Crippen molar-refractivity contribution in [3.05, 3.63) is 77.1 Å². The monoisotopic (exact) mass is 498 g/mol. The molecule has 176 valence electrons. The molecule has 34 heavy (non-hydrogen) atoms. The first-order valence-corrected chi connectivity index (χ1v) is 12.2. The van der Waals surface area contributed by atoms with Gasteiger partial charge < -0.3 is 10.2 Å². The average molecular weight is 499 g/mol. The molecule has 0 aliphatic carbocycles. The molecule has 0 unspecified atom stereocenters. The number of benzene rings is 2. The van der Waals surface area contributed by atoms with Gasteiger partial charge >= 0.3 is 0 Å². The van der Waals surface area contributed by atoms with E-state index >= 15 is 0 Å². The van der Waals surface area contributed by atoms with Gasteiger partial charge in [-0.3, -0.25) is 9.48 Å². The number of sulfonamides is 1. The Balaban J connectivity index is 1.63. The molecular weight excluding hydrogens is 476 g/mol. The van der Waals surface area contributed by atoms with Gasteiger partial charge in [0.05, 0.1) is 23.4 Å². The highest BCUT2D eigenvalue weighted by Crippen LogP contribution is 2.27. The Morgan fingerprint density at radius 1 is 1.18 bits per heavy atom. The smallest absolute Gasteiger partial charge is 0.238 e. The highest BCUT2D eigenvalue weighted by atomic mass is 35.5. The molecule has 2 aromatic carbocycles. The molecule has 0 atom stereocenters. The highest BCUT2D eigenvalue weighted by molar-refractivity contribution is 7.89. The summed E-state index contributed by atoms with van der Waals surface area (Å²) in [5, 5.41) is 13.5. The zero-order chi connectivity index (χ0) is 24.5. The molecule has 4 rings (SSSR count). The van der Waals surface area contributed by atoms with Gasteiger partial charge in [0.15, 0.2) is 0 Å². The van der Waals surface area contributed by atoms with Crippen molar-refractivity contribution >= 4 is 49.9 Å². The number of aromatic nitrogens is 3. The first-order chi connectivity index (χ1) is 16.1. The van der Waals surface area contributed by atoms with Gasteiger partial charge in [-0.2, -0.15) is 5.10 Å². The lowest BCUT2D eigenvalue weighted by molar-refractivity contribution is -0.115. The number of nitrogens with zero attached hydrogens (tertiary/aromatic N) is 4. The number of hydrogen-bond donors (Lipinski definition) is 2.